The lowest BCUT2D eigenvalue weighted by Gasteiger charge is -2.15. The lowest BCUT2D eigenvalue weighted by molar-refractivity contribution is 0.512. The van der Waals surface area contributed by atoms with Crippen molar-refractivity contribution in [3.8, 4) is 0 Å². The van der Waals surface area contributed by atoms with Crippen molar-refractivity contribution in [3.05, 3.63) is 0 Å². The van der Waals surface area contributed by atoms with Gasteiger partial charge in [0.25, 0.3) is 0 Å². The molecule has 0 bridgehead atoms. The van der Waals surface area contributed by atoms with Gasteiger partial charge in [0.15, 0.2) is 0 Å². The van der Waals surface area contributed by atoms with Crippen molar-refractivity contribution in [2.24, 2.45) is 0 Å². The molecule has 0 saturated carbocycles. The third-order valence-electron chi connectivity index (χ3n) is 2.02. The highest BCUT2D eigenvalue weighted by Crippen LogP contribution is 2.04. The third-order valence-corrected chi connectivity index (χ3v) is 3.81. The number of sulfonamides is 1. The Balaban J connectivity index is 4.04. The van der Waals surface area contributed by atoms with E-state index in [4.69, 9.17) is 11.6 Å². The van der Waals surface area contributed by atoms with E-state index in [0.717, 1.165) is 19.3 Å². The molecular weight excluding hydrogens is 222 g/mol. The van der Waals surface area contributed by atoms with E-state index >= 15 is 0 Å². The van der Waals surface area contributed by atoms with Crippen molar-refractivity contribution in [1.29, 1.82) is 0 Å². The van der Waals surface area contributed by atoms with Gasteiger partial charge in [0.05, 0.1) is 5.75 Å². The Bertz CT molecular complexity index is 229. The zero-order valence-corrected chi connectivity index (χ0v) is 10.5. The maximum Gasteiger partial charge on any atom is 0.211 e. The van der Waals surface area contributed by atoms with Gasteiger partial charge in [-0.1, -0.05) is 20.3 Å². The van der Waals surface area contributed by atoms with Gasteiger partial charge in [0, 0.05) is 11.9 Å². The first-order valence-corrected chi connectivity index (χ1v) is 7.30. The van der Waals surface area contributed by atoms with Gasteiger partial charge in [-0.15, -0.1) is 11.6 Å². The summed E-state index contributed by atoms with van der Waals surface area (Å²) in [5.41, 5.74) is 0. The summed E-state index contributed by atoms with van der Waals surface area (Å²) >= 11 is 5.45. The molecule has 1 atom stereocenters. The summed E-state index contributed by atoms with van der Waals surface area (Å²) in [7, 11) is -3.11. The van der Waals surface area contributed by atoms with Crippen LogP contribution < -0.4 is 4.72 Å². The molecule has 0 aromatic heterocycles. The monoisotopic (exact) mass is 241 g/mol. The molecule has 0 rings (SSSR count). The van der Waals surface area contributed by atoms with Gasteiger partial charge in [-0.2, -0.15) is 0 Å². The Hall–Kier alpha value is 0.200. The van der Waals surface area contributed by atoms with Crippen molar-refractivity contribution in [1.82, 2.24) is 4.72 Å². The molecule has 0 spiro atoms. The highest BCUT2D eigenvalue weighted by Gasteiger charge is 2.14. The standard InChI is InChI=1S/C9H20ClNO2S/c1-3-6-9(4-2)11-14(12,13)8-5-7-10/h9,11H,3-8H2,1-2H3. The molecule has 1 N–H and O–H groups in total. The Morgan fingerprint density at radius 2 is 2.00 bits per heavy atom. The molecule has 0 aliphatic heterocycles. The van der Waals surface area contributed by atoms with E-state index in [1.54, 1.807) is 0 Å². The van der Waals surface area contributed by atoms with E-state index in [1.807, 2.05) is 6.92 Å². The zero-order chi connectivity index (χ0) is 11.0. The molecule has 1 unspecified atom stereocenters. The van der Waals surface area contributed by atoms with Crippen molar-refractivity contribution in [2.75, 3.05) is 11.6 Å². The zero-order valence-electron chi connectivity index (χ0n) is 8.92. The lowest BCUT2D eigenvalue weighted by atomic mass is 10.1. The largest absolute Gasteiger partial charge is 0.212 e. The predicted octanol–water partition coefficient (Wildman–Crippen LogP) is 2.11. The minimum atomic E-state index is -3.11. The Labute approximate surface area is 92.3 Å². The summed E-state index contributed by atoms with van der Waals surface area (Å²) in [6.45, 7) is 4.04. The van der Waals surface area contributed by atoms with E-state index in [1.165, 1.54) is 0 Å². The van der Waals surface area contributed by atoms with Crippen LogP contribution in [0.1, 0.15) is 39.5 Å². The van der Waals surface area contributed by atoms with Crippen molar-refractivity contribution in [2.45, 2.75) is 45.6 Å². The molecule has 0 heterocycles. The van der Waals surface area contributed by atoms with Crippen LogP contribution in [0, 0.1) is 0 Å². The van der Waals surface area contributed by atoms with Gasteiger partial charge in [0.1, 0.15) is 0 Å². The van der Waals surface area contributed by atoms with Crippen LogP contribution in [0.15, 0.2) is 0 Å². The average molecular weight is 242 g/mol. The molecule has 0 saturated heterocycles. The second-order valence-corrected chi connectivity index (χ2v) is 5.62. The van der Waals surface area contributed by atoms with Gasteiger partial charge in [-0.05, 0) is 19.3 Å². The Morgan fingerprint density at radius 3 is 2.43 bits per heavy atom. The number of halogens is 1. The molecular formula is C9H20ClNO2S. The smallest absolute Gasteiger partial charge is 0.211 e. The summed E-state index contributed by atoms with van der Waals surface area (Å²) in [6.07, 6.45) is 3.25. The first-order chi connectivity index (χ1) is 6.55. The summed E-state index contributed by atoms with van der Waals surface area (Å²) in [5.74, 6) is 0.530. The molecule has 0 aliphatic rings. The fraction of sp³-hybridized carbons (Fsp3) is 1.00. The summed E-state index contributed by atoms with van der Waals surface area (Å²) in [4.78, 5) is 0. The SMILES string of the molecule is CCCC(CC)NS(=O)(=O)CCCCl. The van der Waals surface area contributed by atoms with Crippen LogP contribution in [0.4, 0.5) is 0 Å². The molecule has 0 aliphatic carbocycles. The van der Waals surface area contributed by atoms with E-state index in [9.17, 15) is 8.42 Å². The van der Waals surface area contributed by atoms with E-state index < -0.39 is 10.0 Å². The highest BCUT2D eigenvalue weighted by molar-refractivity contribution is 7.89. The Morgan fingerprint density at radius 1 is 1.36 bits per heavy atom. The number of alkyl halides is 1. The van der Waals surface area contributed by atoms with Gasteiger partial charge in [-0.25, -0.2) is 13.1 Å². The van der Waals surface area contributed by atoms with Gasteiger partial charge >= 0.3 is 0 Å². The van der Waals surface area contributed by atoms with Crippen LogP contribution in [-0.2, 0) is 10.0 Å². The maximum atomic E-state index is 11.5. The Kier molecular flexibility index (Phi) is 7.59. The molecule has 0 aromatic rings. The molecule has 3 nitrogen and oxygen atoms in total. The molecule has 86 valence electrons. The first-order valence-electron chi connectivity index (χ1n) is 5.11. The second-order valence-electron chi connectivity index (χ2n) is 3.37. The molecule has 0 aromatic carbocycles. The second kappa shape index (κ2) is 7.49. The van der Waals surface area contributed by atoms with Crippen LogP contribution in [0.5, 0.6) is 0 Å². The fourth-order valence-electron chi connectivity index (χ4n) is 1.25. The van der Waals surface area contributed by atoms with Gasteiger partial charge < -0.3 is 0 Å². The van der Waals surface area contributed by atoms with E-state index in [0.29, 0.717) is 12.3 Å². The van der Waals surface area contributed by atoms with Crippen LogP contribution in [0.25, 0.3) is 0 Å². The van der Waals surface area contributed by atoms with Crippen molar-refractivity contribution in [3.63, 3.8) is 0 Å². The molecule has 0 fully saturated rings. The lowest BCUT2D eigenvalue weighted by Crippen LogP contribution is -2.35. The quantitative estimate of drug-likeness (QED) is 0.662. The molecule has 5 heteroatoms. The van der Waals surface area contributed by atoms with Crippen LogP contribution >= 0.6 is 11.6 Å². The van der Waals surface area contributed by atoms with Gasteiger partial charge in [0.2, 0.25) is 10.0 Å². The summed E-state index contributed by atoms with van der Waals surface area (Å²) in [5, 5.41) is 0. The van der Waals surface area contributed by atoms with E-state index in [2.05, 4.69) is 11.6 Å². The topological polar surface area (TPSA) is 46.2 Å². The minimum Gasteiger partial charge on any atom is -0.212 e. The van der Waals surface area contributed by atoms with Crippen molar-refractivity contribution >= 4 is 21.6 Å². The molecule has 0 amide bonds. The average Bonchev–Trinajstić information content (AvgIpc) is 2.14. The summed E-state index contributed by atoms with van der Waals surface area (Å²) < 4.78 is 25.6. The van der Waals surface area contributed by atoms with Crippen LogP contribution in [-0.4, -0.2) is 26.1 Å². The van der Waals surface area contributed by atoms with E-state index in [-0.39, 0.29) is 11.8 Å². The molecule has 0 radical (unpaired) electrons. The van der Waals surface area contributed by atoms with Gasteiger partial charge in [-0.3, -0.25) is 0 Å². The van der Waals surface area contributed by atoms with Crippen LogP contribution in [0.2, 0.25) is 0 Å². The minimum absolute atomic E-state index is 0.0836. The maximum absolute atomic E-state index is 11.5. The normalized spacial score (nSPS) is 14.2. The summed E-state index contributed by atoms with van der Waals surface area (Å²) in [6, 6.07) is 0.0836. The number of nitrogens with one attached hydrogen (secondary N) is 1. The number of hydrogen-bond acceptors (Lipinski definition) is 2. The number of hydrogen-bond donors (Lipinski definition) is 1. The number of rotatable bonds is 8. The highest BCUT2D eigenvalue weighted by atomic mass is 35.5. The fourth-order valence-corrected chi connectivity index (χ4v) is 2.98. The predicted molar refractivity (Wildman–Crippen MR) is 61.2 cm³/mol. The van der Waals surface area contributed by atoms with Crippen molar-refractivity contribution < 1.29 is 8.42 Å². The van der Waals surface area contributed by atoms with Crippen LogP contribution in [0.3, 0.4) is 0 Å². The molecule has 14 heavy (non-hydrogen) atoms. The third kappa shape index (κ3) is 6.62. The first kappa shape index (κ1) is 14.2.